The number of benzene rings is 3. The maximum absolute atomic E-state index is 12.3. The third kappa shape index (κ3) is 5.61. The fourth-order valence-corrected chi connectivity index (χ4v) is 2.85. The van der Waals surface area contributed by atoms with Crippen molar-refractivity contribution in [2.45, 2.75) is 0 Å². The predicted octanol–water partition coefficient (Wildman–Crippen LogP) is 5.23. The van der Waals surface area contributed by atoms with Gasteiger partial charge in [-0.15, -0.1) is 0 Å². The highest BCUT2D eigenvalue weighted by atomic mass is 79.9. The van der Waals surface area contributed by atoms with Gasteiger partial charge in [0, 0.05) is 25.8 Å². The van der Waals surface area contributed by atoms with E-state index in [1.54, 1.807) is 54.7 Å². The second-order valence-electron chi connectivity index (χ2n) is 5.79. The largest absolute Gasteiger partial charge is 0.322 e. The van der Waals surface area contributed by atoms with E-state index in [2.05, 4.69) is 47.7 Å². The number of nitrogens with one attached hydrogen (secondary N) is 2. The van der Waals surface area contributed by atoms with Crippen LogP contribution in [-0.2, 0) is 0 Å². The van der Waals surface area contributed by atoms with Crippen molar-refractivity contribution in [2.24, 2.45) is 5.10 Å². The van der Waals surface area contributed by atoms with E-state index in [4.69, 9.17) is 0 Å². The van der Waals surface area contributed by atoms with E-state index in [-0.39, 0.29) is 11.8 Å². The summed E-state index contributed by atoms with van der Waals surface area (Å²) < 4.78 is 1.86. The zero-order valence-electron chi connectivity index (χ0n) is 14.5. The number of rotatable bonds is 5. The van der Waals surface area contributed by atoms with Gasteiger partial charge in [0.2, 0.25) is 0 Å². The Morgan fingerprint density at radius 1 is 0.786 bits per heavy atom. The van der Waals surface area contributed by atoms with Gasteiger partial charge in [0.05, 0.1) is 6.21 Å². The van der Waals surface area contributed by atoms with Crippen LogP contribution in [0.3, 0.4) is 0 Å². The summed E-state index contributed by atoms with van der Waals surface area (Å²) in [6, 6.07) is 21.2. The lowest BCUT2D eigenvalue weighted by molar-refractivity contribution is 0.0953. The number of amides is 2. The number of carbonyl (C=O) groups excluding carboxylic acids is 2. The Hall–Kier alpha value is -2.77. The summed E-state index contributed by atoms with van der Waals surface area (Å²) in [4.78, 5) is 24.6. The average molecular weight is 501 g/mol. The Bertz CT molecular complexity index is 1020. The zero-order valence-corrected chi connectivity index (χ0v) is 17.7. The van der Waals surface area contributed by atoms with Gasteiger partial charge in [-0.2, -0.15) is 5.10 Å². The summed E-state index contributed by atoms with van der Waals surface area (Å²) in [6.07, 6.45) is 1.56. The van der Waals surface area contributed by atoms with Crippen molar-refractivity contribution in [3.8, 4) is 0 Å². The molecule has 0 atom stereocenters. The Morgan fingerprint density at radius 2 is 1.43 bits per heavy atom. The van der Waals surface area contributed by atoms with Crippen LogP contribution >= 0.6 is 31.9 Å². The molecule has 3 aromatic carbocycles. The van der Waals surface area contributed by atoms with Crippen molar-refractivity contribution < 1.29 is 9.59 Å². The van der Waals surface area contributed by atoms with Crippen LogP contribution in [0.1, 0.15) is 26.3 Å². The number of carbonyl (C=O) groups is 2. The van der Waals surface area contributed by atoms with Gasteiger partial charge in [0.15, 0.2) is 0 Å². The van der Waals surface area contributed by atoms with Crippen LogP contribution in [0.5, 0.6) is 0 Å². The van der Waals surface area contributed by atoms with Crippen molar-refractivity contribution in [3.05, 3.63) is 98.4 Å². The summed E-state index contributed by atoms with van der Waals surface area (Å²) in [6.45, 7) is 0. The van der Waals surface area contributed by atoms with Gasteiger partial charge in [-0.25, -0.2) is 5.43 Å². The van der Waals surface area contributed by atoms with Crippen LogP contribution in [0.4, 0.5) is 5.69 Å². The first-order chi connectivity index (χ1) is 13.5. The van der Waals surface area contributed by atoms with E-state index in [0.717, 1.165) is 14.5 Å². The molecule has 0 unspecified atom stereocenters. The molecule has 0 spiro atoms. The summed E-state index contributed by atoms with van der Waals surface area (Å²) in [5.41, 5.74) is 4.78. The third-order valence-electron chi connectivity index (χ3n) is 3.74. The van der Waals surface area contributed by atoms with Crippen molar-refractivity contribution in [1.29, 1.82) is 0 Å². The minimum atomic E-state index is -0.367. The molecule has 0 aromatic heterocycles. The number of anilines is 1. The van der Waals surface area contributed by atoms with E-state index in [0.29, 0.717) is 16.8 Å². The van der Waals surface area contributed by atoms with E-state index < -0.39 is 0 Å². The standard InChI is InChI=1S/C21H15Br2N3O2/c22-17-8-4-14(5-9-17)13-24-26-21(28)16-2-1-3-19(12-16)25-20(27)15-6-10-18(23)11-7-15/h1-13H,(H,25,27)(H,26,28)/b24-13+. The molecule has 0 bridgehead atoms. The van der Waals surface area contributed by atoms with Crippen molar-refractivity contribution >= 4 is 55.6 Å². The number of nitrogens with zero attached hydrogens (tertiary/aromatic N) is 1. The number of halogens is 2. The van der Waals surface area contributed by atoms with E-state index >= 15 is 0 Å². The van der Waals surface area contributed by atoms with Gasteiger partial charge < -0.3 is 5.32 Å². The first-order valence-electron chi connectivity index (χ1n) is 8.27. The minimum absolute atomic E-state index is 0.252. The fraction of sp³-hybridized carbons (Fsp3) is 0. The lowest BCUT2D eigenvalue weighted by atomic mass is 10.1. The molecule has 140 valence electrons. The molecule has 0 aliphatic rings. The van der Waals surface area contributed by atoms with Gasteiger partial charge in [0.25, 0.3) is 11.8 Å². The second kappa shape index (κ2) is 9.43. The van der Waals surface area contributed by atoms with E-state index in [9.17, 15) is 9.59 Å². The van der Waals surface area contributed by atoms with Crippen molar-refractivity contribution in [3.63, 3.8) is 0 Å². The smallest absolute Gasteiger partial charge is 0.271 e. The van der Waals surface area contributed by atoms with Crippen LogP contribution in [0.15, 0.2) is 86.8 Å². The Labute approximate surface area is 179 Å². The molecular weight excluding hydrogens is 486 g/mol. The molecule has 2 amide bonds. The van der Waals surface area contributed by atoms with Gasteiger partial charge >= 0.3 is 0 Å². The monoisotopic (exact) mass is 499 g/mol. The topological polar surface area (TPSA) is 70.6 Å². The summed E-state index contributed by atoms with van der Waals surface area (Å²) in [7, 11) is 0. The predicted molar refractivity (Wildman–Crippen MR) is 118 cm³/mol. The Morgan fingerprint density at radius 3 is 2.11 bits per heavy atom. The lowest BCUT2D eigenvalue weighted by Gasteiger charge is -2.07. The SMILES string of the molecule is O=C(N/N=C/c1ccc(Br)cc1)c1cccc(NC(=O)c2ccc(Br)cc2)c1. The molecule has 0 heterocycles. The molecule has 3 aromatic rings. The van der Waals surface area contributed by atoms with Crippen LogP contribution in [0.25, 0.3) is 0 Å². The number of hydrogen-bond donors (Lipinski definition) is 2. The Kier molecular flexibility index (Phi) is 6.73. The Balaban J connectivity index is 1.63. The van der Waals surface area contributed by atoms with Crippen LogP contribution < -0.4 is 10.7 Å². The van der Waals surface area contributed by atoms with Crippen LogP contribution in [0.2, 0.25) is 0 Å². The molecule has 2 N–H and O–H groups in total. The highest BCUT2D eigenvalue weighted by Gasteiger charge is 2.09. The lowest BCUT2D eigenvalue weighted by Crippen LogP contribution is -2.18. The molecule has 0 saturated carbocycles. The third-order valence-corrected chi connectivity index (χ3v) is 4.80. The maximum atomic E-state index is 12.3. The first kappa shape index (κ1) is 20.0. The molecular formula is C21H15Br2N3O2. The van der Waals surface area contributed by atoms with Crippen LogP contribution in [-0.4, -0.2) is 18.0 Å². The second-order valence-corrected chi connectivity index (χ2v) is 7.62. The first-order valence-corrected chi connectivity index (χ1v) is 9.86. The molecule has 3 rings (SSSR count). The average Bonchev–Trinajstić information content (AvgIpc) is 2.70. The summed E-state index contributed by atoms with van der Waals surface area (Å²) in [5, 5.41) is 6.75. The highest BCUT2D eigenvalue weighted by Crippen LogP contribution is 2.15. The molecule has 0 saturated heterocycles. The van der Waals surface area contributed by atoms with Gasteiger partial charge in [-0.1, -0.05) is 50.1 Å². The number of hydrazone groups is 1. The van der Waals surface area contributed by atoms with E-state index in [1.807, 2.05) is 24.3 Å². The summed E-state index contributed by atoms with van der Waals surface area (Å²) in [5.74, 6) is -0.619. The fourth-order valence-electron chi connectivity index (χ4n) is 2.32. The molecule has 0 radical (unpaired) electrons. The van der Waals surface area contributed by atoms with Gasteiger partial charge in [-0.3, -0.25) is 9.59 Å². The zero-order chi connectivity index (χ0) is 19.9. The number of hydrogen-bond acceptors (Lipinski definition) is 3. The van der Waals surface area contributed by atoms with E-state index in [1.165, 1.54) is 0 Å². The van der Waals surface area contributed by atoms with Crippen molar-refractivity contribution in [1.82, 2.24) is 5.43 Å². The van der Waals surface area contributed by atoms with Crippen molar-refractivity contribution in [2.75, 3.05) is 5.32 Å². The van der Waals surface area contributed by atoms with Crippen LogP contribution in [0, 0.1) is 0 Å². The highest BCUT2D eigenvalue weighted by molar-refractivity contribution is 9.10. The molecule has 0 fully saturated rings. The minimum Gasteiger partial charge on any atom is -0.322 e. The molecule has 5 nitrogen and oxygen atoms in total. The van der Waals surface area contributed by atoms with Gasteiger partial charge in [-0.05, 0) is 60.2 Å². The summed E-state index contributed by atoms with van der Waals surface area (Å²) >= 11 is 6.70. The molecule has 0 aliphatic carbocycles. The quantitative estimate of drug-likeness (QED) is 0.372. The molecule has 0 aliphatic heterocycles. The molecule has 7 heteroatoms. The maximum Gasteiger partial charge on any atom is 0.271 e. The van der Waals surface area contributed by atoms with Gasteiger partial charge in [0.1, 0.15) is 0 Å². The molecule has 28 heavy (non-hydrogen) atoms. The normalized spacial score (nSPS) is 10.6.